The summed E-state index contributed by atoms with van der Waals surface area (Å²) in [4.78, 5) is 30.6. The molecule has 2 amide bonds. The van der Waals surface area contributed by atoms with Gasteiger partial charge in [0.15, 0.2) is 0 Å². The van der Waals surface area contributed by atoms with E-state index in [0.717, 1.165) is 54.1 Å². The third-order valence-corrected chi connectivity index (χ3v) is 6.95. The molecule has 2 aliphatic heterocycles. The molecule has 2 heterocycles. The number of fused-ring (bicyclic) bond motifs is 1. The molecule has 1 saturated heterocycles. The minimum Gasteiger partial charge on any atom is -0.370 e. The van der Waals surface area contributed by atoms with Crippen LogP contribution in [0.1, 0.15) is 34.3 Å². The number of anilines is 2. The predicted octanol–water partition coefficient (Wildman–Crippen LogP) is 4.47. The van der Waals surface area contributed by atoms with Crippen molar-refractivity contribution in [3.63, 3.8) is 0 Å². The first-order chi connectivity index (χ1) is 17.0. The number of para-hydroxylation sites is 1. The molecule has 3 aromatic carbocycles. The maximum absolute atomic E-state index is 13.4. The minimum absolute atomic E-state index is 0.120. The summed E-state index contributed by atoms with van der Waals surface area (Å²) in [6, 6.07) is 25.4. The SMILES string of the molecule is CN(C(=O)c1ccc2c(c1)/C(=C(\c1ccccc1)N(C)C1CCNCC1)C(=O)N2)c1ccccc1. The van der Waals surface area contributed by atoms with E-state index in [1.165, 1.54) is 0 Å². The zero-order valence-corrected chi connectivity index (χ0v) is 20.1. The number of carbonyl (C=O) groups is 2. The zero-order valence-electron chi connectivity index (χ0n) is 20.1. The number of piperidine rings is 1. The highest BCUT2D eigenvalue weighted by Gasteiger charge is 2.33. The van der Waals surface area contributed by atoms with Crippen LogP contribution in [-0.4, -0.2) is 49.9 Å². The molecule has 178 valence electrons. The van der Waals surface area contributed by atoms with Crippen LogP contribution >= 0.6 is 0 Å². The van der Waals surface area contributed by atoms with Gasteiger partial charge in [-0.3, -0.25) is 9.59 Å². The Morgan fingerprint density at radius 1 is 0.857 bits per heavy atom. The van der Waals surface area contributed by atoms with Crippen molar-refractivity contribution in [2.45, 2.75) is 18.9 Å². The lowest BCUT2D eigenvalue weighted by molar-refractivity contribution is -0.110. The second-order valence-electron chi connectivity index (χ2n) is 9.10. The Bertz CT molecular complexity index is 1260. The van der Waals surface area contributed by atoms with Gasteiger partial charge in [-0.15, -0.1) is 0 Å². The smallest absolute Gasteiger partial charge is 0.258 e. The quantitative estimate of drug-likeness (QED) is 0.545. The second-order valence-corrected chi connectivity index (χ2v) is 9.10. The van der Waals surface area contributed by atoms with Crippen LogP contribution in [0.25, 0.3) is 11.3 Å². The summed E-state index contributed by atoms with van der Waals surface area (Å²) >= 11 is 0. The van der Waals surface area contributed by atoms with Crippen molar-refractivity contribution >= 4 is 34.5 Å². The number of carbonyl (C=O) groups excluding carboxylic acids is 2. The molecule has 0 saturated carbocycles. The van der Waals surface area contributed by atoms with Crippen LogP contribution < -0.4 is 15.5 Å². The Morgan fingerprint density at radius 3 is 2.20 bits per heavy atom. The Morgan fingerprint density at radius 2 is 1.51 bits per heavy atom. The summed E-state index contributed by atoms with van der Waals surface area (Å²) in [5.74, 6) is -0.258. The summed E-state index contributed by atoms with van der Waals surface area (Å²) in [7, 11) is 3.85. The summed E-state index contributed by atoms with van der Waals surface area (Å²) in [5, 5.41) is 6.44. The first kappa shape index (κ1) is 22.9. The van der Waals surface area contributed by atoms with Crippen molar-refractivity contribution in [3.8, 4) is 0 Å². The maximum Gasteiger partial charge on any atom is 0.258 e. The molecule has 6 nitrogen and oxygen atoms in total. The molecule has 5 rings (SSSR count). The van der Waals surface area contributed by atoms with Crippen molar-refractivity contribution in [2.75, 3.05) is 37.4 Å². The Labute approximate surface area is 206 Å². The first-order valence-electron chi connectivity index (χ1n) is 12.1. The summed E-state index contributed by atoms with van der Waals surface area (Å²) in [6.45, 7) is 1.92. The van der Waals surface area contributed by atoms with Gasteiger partial charge in [-0.05, 0) is 61.8 Å². The molecular weight excluding hydrogens is 436 g/mol. The van der Waals surface area contributed by atoms with Gasteiger partial charge in [0.1, 0.15) is 0 Å². The molecule has 0 aromatic heterocycles. The Kier molecular flexibility index (Phi) is 6.38. The van der Waals surface area contributed by atoms with E-state index in [-0.39, 0.29) is 11.8 Å². The van der Waals surface area contributed by atoms with E-state index in [1.54, 1.807) is 18.0 Å². The second kappa shape index (κ2) is 9.76. The number of nitrogens with zero attached hydrogens (tertiary/aromatic N) is 2. The monoisotopic (exact) mass is 466 g/mol. The first-order valence-corrected chi connectivity index (χ1v) is 12.1. The molecule has 0 bridgehead atoms. The lowest BCUT2D eigenvalue weighted by Crippen LogP contribution is -2.40. The molecule has 0 radical (unpaired) electrons. The molecule has 0 atom stereocenters. The number of amides is 2. The molecule has 0 unspecified atom stereocenters. The van der Waals surface area contributed by atoms with Crippen LogP contribution in [0.15, 0.2) is 78.9 Å². The lowest BCUT2D eigenvalue weighted by Gasteiger charge is -2.36. The van der Waals surface area contributed by atoms with Gasteiger partial charge in [-0.2, -0.15) is 0 Å². The summed E-state index contributed by atoms with van der Waals surface area (Å²) in [5.41, 5.74) is 5.36. The number of hydrogen-bond donors (Lipinski definition) is 2. The average Bonchev–Trinajstić information content (AvgIpc) is 3.24. The van der Waals surface area contributed by atoms with E-state index in [0.29, 0.717) is 17.2 Å². The maximum atomic E-state index is 13.4. The third kappa shape index (κ3) is 4.45. The number of hydrogen-bond acceptors (Lipinski definition) is 4. The van der Waals surface area contributed by atoms with Crippen molar-refractivity contribution in [3.05, 3.63) is 95.6 Å². The highest BCUT2D eigenvalue weighted by molar-refractivity contribution is 6.37. The highest BCUT2D eigenvalue weighted by Crippen LogP contribution is 2.40. The van der Waals surface area contributed by atoms with Crippen molar-refractivity contribution in [2.24, 2.45) is 0 Å². The van der Waals surface area contributed by atoms with Gasteiger partial charge in [-0.25, -0.2) is 0 Å². The normalized spacial score (nSPS) is 16.9. The van der Waals surface area contributed by atoms with Crippen LogP contribution in [0.5, 0.6) is 0 Å². The summed E-state index contributed by atoms with van der Waals surface area (Å²) < 4.78 is 0. The molecule has 1 fully saturated rings. The van der Waals surface area contributed by atoms with E-state index in [2.05, 4.69) is 22.6 Å². The predicted molar refractivity (Wildman–Crippen MR) is 141 cm³/mol. The standard InChI is InChI=1S/C29H30N4O2/c1-32(23-15-17-30-18-16-23)27(20-9-5-3-6-10-20)26-24-19-21(13-14-25(24)31-28(26)34)29(35)33(2)22-11-7-4-8-12-22/h3-14,19,23,30H,15-18H2,1-2H3,(H,31,34)/b27-26-. The topological polar surface area (TPSA) is 64.7 Å². The third-order valence-electron chi connectivity index (χ3n) is 6.95. The van der Waals surface area contributed by atoms with Crippen LogP contribution in [0.3, 0.4) is 0 Å². The number of nitrogens with one attached hydrogen (secondary N) is 2. The van der Waals surface area contributed by atoms with Crippen LogP contribution in [0, 0.1) is 0 Å². The van der Waals surface area contributed by atoms with Gasteiger partial charge in [0.05, 0.1) is 11.3 Å². The fourth-order valence-electron chi connectivity index (χ4n) is 4.99. The van der Waals surface area contributed by atoms with Gasteiger partial charge in [0, 0.05) is 42.6 Å². The Balaban J connectivity index is 1.60. The van der Waals surface area contributed by atoms with Crippen LogP contribution in [0.4, 0.5) is 11.4 Å². The molecular formula is C29H30N4O2. The van der Waals surface area contributed by atoms with Gasteiger partial charge >= 0.3 is 0 Å². The molecule has 0 aliphatic carbocycles. The minimum atomic E-state index is -0.138. The fraction of sp³-hybridized carbons (Fsp3) is 0.241. The molecule has 6 heteroatoms. The van der Waals surface area contributed by atoms with E-state index < -0.39 is 0 Å². The highest BCUT2D eigenvalue weighted by atomic mass is 16.2. The van der Waals surface area contributed by atoms with Gasteiger partial charge < -0.3 is 20.4 Å². The van der Waals surface area contributed by atoms with E-state index in [4.69, 9.17) is 0 Å². The molecule has 35 heavy (non-hydrogen) atoms. The average molecular weight is 467 g/mol. The molecule has 2 aliphatic rings. The van der Waals surface area contributed by atoms with E-state index in [1.807, 2.05) is 72.8 Å². The van der Waals surface area contributed by atoms with E-state index in [9.17, 15) is 9.59 Å². The molecule has 2 N–H and O–H groups in total. The van der Waals surface area contributed by atoms with Gasteiger partial charge in [0.2, 0.25) is 0 Å². The Hall–Kier alpha value is -3.90. The van der Waals surface area contributed by atoms with Crippen LogP contribution in [-0.2, 0) is 4.79 Å². The lowest BCUT2D eigenvalue weighted by atomic mass is 9.95. The van der Waals surface area contributed by atoms with Crippen LogP contribution in [0.2, 0.25) is 0 Å². The zero-order chi connectivity index (χ0) is 24.4. The van der Waals surface area contributed by atoms with Gasteiger partial charge in [0.25, 0.3) is 11.8 Å². The number of benzene rings is 3. The number of rotatable bonds is 5. The van der Waals surface area contributed by atoms with Crippen molar-refractivity contribution in [1.29, 1.82) is 0 Å². The molecule has 0 spiro atoms. The van der Waals surface area contributed by atoms with Crippen molar-refractivity contribution in [1.82, 2.24) is 10.2 Å². The van der Waals surface area contributed by atoms with Gasteiger partial charge in [-0.1, -0.05) is 48.5 Å². The van der Waals surface area contributed by atoms with Crippen molar-refractivity contribution < 1.29 is 9.59 Å². The largest absolute Gasteiger partial charge is 0.370 e. The van der Waals surface area contributed by atoms with E-state index >= 15 is 0 Å². The fourth-order valence-corrected chi connectivity index (χ4v) is 4.99. The molecule has 3 aromatic rings. The summed E-state index contributed by atoms with van der Waals surface area (Å²) in [6.07, 6.45) is 2.02.